The monoisotopic (exact) mass is 376 g/mol. The fraction of sp³-hybridized carbons (Fsp3) is 0.0952. The Hall–Kier alpha value is -3.87. The molecule has 0 unspecified atom stereocenters. The summed E-state index contributed by atoms with van der Waals surface area (Å²) in [6.45, 7) is 1.38. The van der Waals surface area contributed by atoms with Gasteiger partial charge in [-0.1, -0.05) is 18.2 Å². The van der Waals surface area contributed by atoms with Crippen molar-refractivity contribution in [2.75, 3.05) is 11.9 Å². The number of carbonyl (C=O) groups excluding carboxylic acids is 1. The molecule has 0 aliphatic heterocycles. The van der Waals surface area contributed by atoms with Crippen molar-refractivity contribution in [3.05, 3.63) is 76.3 Å². The lowest BCUT2D eigenvalue weighted by Gasteiger charge is -2.08. The quantitative estimate of drug-likeness (QED) is 0.398. The molecule has 0 atom stereocenters. The summed E-state index contributed by atoms with van der Waals surface area (Å²) in [5.41, 5.74) is 2.52. The number of anilines is 1. The molecule has 0 radical (unpaired) electrons. The van der Waals surface area contributed by atoms with Gasteiger partial charge >= 0.3 is 0 Å². The number of amides is 1. The van der Waals surface area contributed by atoms with Gasteiger partial charge in [-0.05, 0) is 37.3 Å². The molecule has 0 saturated carbocycles. The van der Waals surface area contributed by atoms with Crippen LogP contribution >= 0.6 is 0 Å². The van der Waals surface area contributed by atoms with Crippen molar-refractivity contribution in [1.29, 1.82) is 0 Å². The van der Waals surface area contributed by atoms with E-state index >= 15 is 0 Å². The molecular formula is C21H16N2O5. The Bertz CT molecular complexity index is 1210. The normalized spacial score (nSPS) is 10.9. The Morgan fingerprint density at radius 3 is 2.68 bits per heavy atom. The van der Waals surface area contributed by atoms with Crippen molar-refractivity contribution in [2.45, 2.75) is 6.92 Å². The number of nitro groups is 1. The Morgan fingerprint density at radius 1 is 1.07 bits per heavy atom. The maximum atomic E-state index is 12.2. The first kappa shape index (κ1) is 17.5. The van der Waals surface area contributed by atoms with Crippen LogP contribution in [0.25, 0.3) is 21.9 Å². The molecule has 0 saturated heterocycles. The predicted octanol–water partition coefficient (Wildman–Crippen LogP) is 4.82. The number of fused-ring (bicyclic) bond motifs is 3. The smallest absolute Gasteiger partial charge is 0.276 e. The zero-order chi connectivity index (χ0) is 19.7. The highest BCUT2D eigenvalue weighted by atomic mass is 16.6. The van der Waals surface area contributed by atoms with E-state index in [-0.39, 0.29) is 24.0 Å². The molecule has 0 aliphatic carbocycles. The van der Waals surface area contributed by atoms with Gasteiger partial charge in [-0.25, -0.2) is 0 Å². The zero-order valence-electron chi connectivity index (χ0n) is 15.0. The maximum absolute atomic E-state index is 12.2. The number of furan rings is 1. The van der Waals surface area contributed by atoms with E-state index in [1.807, 2.05) is 30.3 Å². The SMILES string of the molecule is Cc1ccc(OCC(=O)Nc2ccc3c(c2)oc2ccccc23)cc1[N+](=O)[O-]. The largest absolute Gasteiger partial charge is 0.484 e. The minimum absolute atomic E-state index is 0.0479. The average molecular weight is 376 g/mol. The number of nitro benzene ring substituents is 1. The van der Waals surface area contributed by atoms with Crippen molar-refractivity contribution in [1.82, 2.24) is 0 Å². The molecule has 0 aliphatic rings. The lowest BCUT2D eigenvalue weighted by Crippen LogP contribution is -2.20. The van der Waals surface area contributed by atoms with E-state index in [0.29, 0.717) is 16.8 Å². The zero-order valence-corrected chi connectivity index (χ0v) is 15.0. The summed E-state index contributed by atoms with van der Waals surface area (Å²) in [6, 6.07) is 17.6. The topological polar surface area (TPSA) is 94.6 Å². The molecule has 4 aromatic rings. The Balaban J connectivity index is 1.46. The van der Waals surface area contributed by atoms with Gasteiger partial charge in [-0.2, -0.15) is 0 Å². The molecule has 1 heterocycles. The number of ether oxygens (including phenoxy) is 1. The van der Waals surface area contributed by atoms with Crippen molar-refractivity contribution >= 4 is 39.2 Å². The second-order valence-corrected chi connectivity index (χ2v) is 6.35. The lowest BCUT2D eigenvalue weighted by atomic mass is 10.1. The summed E-state index contributed by atoms with van der Waals surface area (Å²) < 4.78 is 11.2. The van der Waals surface area contributed by atoms with Crippen LogP contribution in [0.15, 0.2) is 65.1 Å². The number of benzene rings is 3. The highest BCUT2D eigenvalue weighted by molar-refractivity contribution is 6.06. The van der Waals surface area contributed by atoms with Crippen LogP contribution in [0.1, 0.15) is 5.56 Å². The van der Waals surface area contributed by atoms with E-state index in [9.17, 15) is 14.9 Å². The number of rotatable bonds is 5. The van der Waals surface area contributed by atoms with E-state index in [1.165, 1.54) is 6.07 Å². The molecule has 0 fully saturated rings. The van der Waals surface area contributed by atoms with Crippen LogP contribution in [0.5, 0.6) is 5.75 Å². The molecule has 0 bridgehead atoms. The van der Waals surface area contributed by atoms with Gasteiger partial charge in [-0.3, -0.25) is 14.9 Å². The second-order valence-electron chi connectivity index (χ2n) is 6.35. The summed E-state index contributed by atoms with van der Waals surface area (Å²) in [4.78, 5) is 22.7. The third kappa shape index (κ3) is 3.37. The van der Waals surface area contributed by atoms with Gasteiger partial charge in [0.2, 0.25) is 0 Å². The summed E-state index contributed by atoms with van der Waals surface area (Å²) in [7, 11) is 0. The summed E-state index contributed by atoms with van der Waals surface area (Å²) in [5, 5.41) is 15.7. The second kappa shape index (κ2) is 7.03. The lowest BCUT2D eigenvalue weighted by molar-refractivity contribution is -0.385. The molecule has 3 aromatic carbocycles. The number of para-hydroxylation sites is 1. The van der Waals surface area contributed by atoms with Gasteiger partial charge in [-0.15, -0.1) is 0 Å². The molecular weight excluding hydrogens is 360 g/mol. The van der Waals surface area contributed by atoms with Crippen molar-refractivity contribution < 1.29 is 18.9 Å². The molecule has 0 spiro atoms. The maximum Gasteiger partial charge on any atom is 0.276 e. The van der Waals surface area contributed by atoms with E-state index in [1.54, 1.807) is 31.2 Å². The molecule has 1 N–H and O–H groups in total. The van der Waals surface area contributed by atoms with Gasteiger partial charge in [0.25, 0.3) is 11.6 Å². The van der Waals surface area contributed by atoms with E-state index in [0.717, 1.165) is 16.4 Å². The minimum Gasteiger partial charge on any atom is -0.484 e. The fourth-order valence-corrected chi connectivity index (χ4v) is 3.03. The van der Waals surface area contributed by atoms with Crippen molar-refractivity contribution in [3.63, 3.8) is 0 Å². The molecule has 4 rings (SSSR count). The van der Waals surface area contributed by atoms with Gasteiger partial charge < -0.3 is 14.5 Å². The number of carbonyl (C=O) groups is 1. The first-order valence-electron chi connectivity index (χ1n) is 8.60. The predicted molar refractivity (Wildman–Crippen MR) is 106 cm³/mol. The molecule has 7 heteroatoms. The first-order valence-corrected chi connectivity index (χ1v) is 8.60. The van der Waals surface area contributed by atoms with Crippen molar-refractivity contribution in [2.24, 2.45) is 0 Å². The van der Waals surface area contributed by atoms with Gasteiger partial charge in [0, 0.05) is 28.1 Å². The fourth-order valence-electron chi connectivity index (χ4n) is 3.03. The number of hydrogen-bond acceptors (Lipinski definition) is 5. The Kier molecular flexibility index (Phi) is 4.41. The van der Waals surface area contributed by atoms with Crippen LogP contribution in [0.4, 0.5) is 11.4 Å². The molecule has 140 valence electrons. The number of aryl methyl sites for hydroxylation is 1. The molecule has 28 heavy (non-hydrogen) atoms. The van der Waals surface area contributed by atoms with Crippen LogP contribution in [0.2, 0.25) is 0 Å². The van der Waals surface area contributed by atoms with Crippen LogP contribution in [-0.4, -0.2) is 17.4 Å². The summed E-state index contributed by atoms with van der Waals surface area (Å²) >= 11 is 0. The average Bonchev–Trinajstić information content (AvgIpc) is 3.05. The first-order chi connectivity index (χ1) is 13.5. The van der Waals surface area contributed by atoms with Crippen LogP contribution < -0.4 is 10.1 Å². The van der Waals surface area contributed by atoms with Crippen LogP contribution in [0, 0.1) is 17.0 Å². The van der Waals surface area contributed by atoms with E-state index in [4.69, 9.17) is 9.15 Å². The molecule has 7 nitrogen and oxygen atoms in total. The molecule has 1 aromatic heterocycles. The van der Waals surface area contributed by atoms with Gasteiger partial charge in [0.05, 0.1) is 11.0 Å². The third-order valence-corrected chi connectivity index (χ3v) is 4.41. The van der Waals surface area contributed by atoms with Crippen molar-refractivity contribution in [3.8, 4) is 5.75 Å². The highest BCUT2D eigenvalue weighted by Gasteiger charge is 2.13. The number of nitrogens with one attached hydrogen (secondary N) is 1. The molecule has 1 amide bonds. The third-order valence-electron chi connectivity index (χ3n) is 4.41. The minimum atomic E-state index is -0.481. The summed E-state index contributed by atoms with van der Waals surface area (Å²) in [6.07, 6.45) is 0. The summed E-state index contributed by atoms with van der Waals surface area (Å²) in [5.74, 6) is -0.112. The van der Waals surface area contributed by atoms with E-state index in [2.05, 4.69) is 5.32 Å². The standard InChI is InChI=1S/C21H16N2O5/c1-13-6-8-15(11-18(13)23(25)26)27-12-21(24)22-14-7-9-17-16-4-2-3-5-19(16)28-20(17)10-14/h2-11H,12H2,1H3,(H,22,24). The van der Waals surface area contributed by atoms with Crippen LogP contribution in [0.3, 0.4) is 0 Å². The Labute approximate surface area is 159 Å². The Morgan fingerprint density at radius 2 is 1.86 bits per heavy atom. The van der Waals surface area contributed by atoms with Crippen LogP contribution in [-0.2, 0) is 4.79 Å². The van der Waals surface area contributed by atoms with Gasteiger partial charge in [0.15, 0.2) is 6.61 Å². The highest BCUT2D eigenvalue weighted by Crippen LogP contribution is 2.30. The van der Waals surface area contributed by atoms with E-state index < -0.39 is 4.92 Å². The number of nitrogens with zero attached hydrogens (tertiary/aromatic N) is 1. The van der Waals surface area contributed by atoms with Gasteiger partial charge in [0.1, 0.15) is 16.9 Å². The number of hydrogen-bond donors (Lipinski definition) is 1.